The van der Waals surface area contributed by atoms with Gasteiger partial charge >= 0.3 is 0 Å². The van der Waals surface area contributed by atoms with Crippen molar-refractivity contribution in [1.29, 1.82) is 0 Å². The molecule has 0 spiro atoms. The van der Waals surface area contributed by atoms with Crippen LogP contribution in [0, 0.1) is 17.5 Å². The minimum Gasteiger partial charge on any atom is -0.326 e. The van der Waals surface area contributed by atoms with Gasteiger partial charge in [-0.2, -0.15) is 0 Å². The maximum atomic E-state index is 13.3. The molecule has 0 radical (unpaired) electrons. The molecule has 2 nitrogen and oxygen atoms in total. The van der Waals surface area contributed by atoms with Crippen molar-refractivity contribution in [2.24, 2.45) is 0 Å². The Morgan fingerprint density at radius 1 is 1.06 bits per heavy atom. The quantitative estimate of drug-likeness (QED) is 0.794. The summed E-state index contributed by atoms with van der Waals surface area (Å²) in [6, 6.07) is 4.42. The van der Waals surface area contributed by atoms with Crippen molar-refractivity contribution in [3.05, 3.63) is 58.3 Å². The van der Waals surface area contributed by atoms with Crippen LogP contribution >= 0.6 is 0 Å². The predicted octanol–water partition coefficient (Wildman–Crippen LogP) is 2.46. The highest BCUT2D eigenvalue weighted by Crippen LogP contribution is 2.23. The van der Waals surface area contributed by atoms with E-state index in [0.29, 0.717) is 0 Å². The zero-order chi connectivity index (χ0) is 11.7. The van der Waals surface area contributed by atoms with Crippen molar-refractivity contribution < 1.29 is 13.2 Å². The number of aromatic nitrogens is 1. The van der Waals surface area contributed by atoms with E-state index in [2.05, 4.69) is 4.98 Å². The average Bonchev–Trinajstić information content (AvgIpc) is 2.26. The van der Waals surface area contributed by atoms with Crippen LogP contribution in [0.3, 0.4) is 0 Å². The van der Waals surface area contributed by atoms with Crippen LogP contribution in [0.15, 0.2) is 35.3 Å². The monoisotopic (exact) mass is 225 g/mol. The molecule has 0 aliphatic rings. The molecule has 16 heavy (non-hydrogen) atoms. The molecule has 1 heterocycles. The van der Waals surface area contributed by atoms with Gasteiger partial charge in [0, 0.05) is 17.3 Å². The summed E-state index contributed by atoms with van der Waals surface area (Å²) in [4.78, 5) is 12.8. The van der Waals surface area contributed by atoms with Gasteiger partial charge in [0.15, 0.2) is 17.5 Å². The second kappa shape index (κ2) is 3.84. The van der Waals surface area contributed by atoms with Gasteiger partial charge in [-0.3, -0.25) is 4.79 Å². The van der Waals surface area contributed by atoms with Crippen molar-refractivity contribution in [3.63, 3.8) is 0 Å². The standard InChI is InChI=1S/C11H6F3NO/c12-8-3-1-2-7(10(8)14)6-4-9(13)11(16)15-5-6/h1-5H,(H,15,16). The van der Waals surface area contributed by atoms with Crippen LogP contribution in [0.1, 0.15) is 0 Å². The molecule has 2 aromatic rings. The van der Waals surface area contributed by atoms with Crippen molar-refractivity contribution in [2.45, 2.75) is 0 Å². The van der Waals surface area contributed by atoms with E-state index in [-0.39, 0.29) is 11.1 Å². The molecule has 0 saturated carbocycles. The Bertz CT molecular complexity index is 592. The first-order valence-corrected chi connectivity index (χ1v) is 4.42. The summed E-state index contributed by atoms with van der Waals surface area (Å²) >= 11 is 0. The van der Waals surface area contributed by atoms with Gasteiger partial charge in [-0.15, -0.1) is 0 Å². The zero-order valence-corrected chi connectivity index (χ0v) is 7.93. The molecule has 0 unspecified atom stereocenters. The summed E-state index contributed by atoms with van der Waals surface area (Å²) in [5.74, 6) is -3.14. The highest BCUT2D eigenvalue weighted by Gasteiger charge is 2.11. The Kier molecular flexibility index (Phi) is 2.52. The number of hydrogen-bond donors (Lipinski definition) is 1. The van der Waals surface area contributed by atoms with Crippen LogP contribution in [0.25, 0.3) is 11.1 Å². The van der Waals surface area contributed by atoms with Gasteiger partial charge in [0.05, 0.1) is 0 Å². The lowest BCUT2D eigenvalue weighted by molar-refractivity contribution is 0.511. The molecular weight excluding hydrogens is 219 g/mol. The average molecular weight is 225 g/mol. The summed E-state index contributed by atoms with van der Waals surface area (Å²) in [5, 5.41) is 0. The minimum absolute atomic E-state index is 0.0779. The van der Waals surface area contributed by atoms with Gasteiger partial charge in [-0.25, -0.2) is 13.2 Å². The van der Waals surface area contributed by atoms with Crippen LogP contribution in [-0.4, -0.2) is 4.98 Å². The third-order valence-electron chi connectivity index (χ3n) is 2.12. The Morgan fingerprint density at radius 2 is 1.81 bits per heavy atom. The van der Waals surface area contributed by atoms with E-state index in [9.17, 15) is 18.0 Å². The van der Waals surface area contributed by atoms with Crippen LogP contribution in [0.4, 0.5) is 13.2 Å². The number of rotatable bonds is 1. The van der Waals surface area contributed by atoms with Gasteiger partial charge in [0.25, 0.3) is 5.56 Å². The van der Waals surface area contributed by atoms with Crippen LogP contribution in [0.2, 0.25) is 0 Å². The molecule has 82 valence electrons. The van der Waals surface area contributed by atoms with Crippen LogP contribution in [-0.2, 0) is 0 Å². The SMILES string of the molecule is O=c1[nH]cc(-c2cccc(F)c2F)cc1F. The first kappa shape index (κ1) is 10.5. The number of hydrogen-bond acceptors (Lipinski definition) is 1. The second-order valence-electron chi connectivity index (χ2n) is 3.17. The summed E-state index contributed by atoms with van der Waals surface area (Å²) in [6.07, 6.45) is 1.13. The fourth-order valence-electron chi connectivity index (χ4n) is 1.34. The van der Waals surface area contributed by atoms with Crippen molar-refractivity contribution in [1.82, 2.24) is 4.98 Å². The topological polar surface area (TPSA) is 32.9 Å². The Hall–Kier alpha value is -2.04. The van der Waals surface area contributed by atoms with Crippen LogP contribution in [0.5, 0.6) is 0 Å². The highest BCUT2D eigenvalue weighted by atomic mass is 19.2. The smallest absolute Gasteiger partial charge is 0.283 e. The van der Waals surface area contributed by atoms with E-state index >= 15 is 0 Å². The lowest BCUT2D eigenvalue weighted by atomic mass is 10.1. The zero-order valence-electron chi connectivity index (χ0n) is 7.93. The fourth-order valence-corrected chi connectivity index (χ4v) is 1.34. The third kappa shape index (κ3) is 1.71. The van der Waals surface area contributed by atoms with E-state index < -0.39 is 23.0 Å². The number of pyridine rings is 1. The predicted molar refractivity (Wildman–Crippen MR) is 52.4 cm³/mol. The van der Waals surface area contributed by atoms with E-state index in [1.54, 1.807) is 0 Å². The third-order valence-corrected chi connectivity index (χ3v) is 2.12. The molecule has 1 aromatic carbocycles. The van der Waals surface area contributed by atoms with Crippen LogP contribution < -0.4 is 5.56 Å². The molecule has 0 saturated heterocycles. The Labute approximate surface area is 88.4 Å². The van der Waals surface area contributed by atoms with Gasteiger partial charge in [-0.1, -0.05) is 12.1 Å². The fraction of sp³-hybridized carbons (Fsp3) is 0. The molecule has 1 aromatic heterocycles. The van der Waals surface area contributed by atoms with E-state index in [4.69, 9.17) is 0 Å². The summed E-state index contributed by atoms with van der Waals surface area (Å²) < 4.78 is 39.2. The molecule has 0 amide bonds. The molecule has 0 bridgehead atoms. The number of nitrogens with one attached hydrogen (secondary N) is 1. The van der Waals surface area contributed by atoms with Crippen molar-refractivity contribution in [2.75, 3.05) is 0 Å². The lowest BCUT2D eigenvalue weighted by Crippen LogP contribution is -2.09. The molecular formula is C11H6F3NO. The first-order valence-electron chi connectivity index (χ1n) is 4.42. The molecule has 0 aliphatic heterocycles. The largest absolute Gasteiger partial charge is 0.326 e. The molecule has 5 heteroatoms. The number of benzene rings is 1. The Morgan fingerprint density at radius 3 is 2.50 bits per heavy atom. The van der Waals surface area contributed by atoms with E-state index in [0.717, 1.165) is 18.3 Å². The molecule has 1 N–H and O–H groups in total. The number of halogens is 3. The lowest BCUT2D eigenvalue weighted by Gasteiger charge is -2.03. The maximum absolute atomic E-state index is 13.3. The highest BCUT2D eigenvalue weighted by molar-refractivity contribution is 5.63. The van der Waals surface area contributed by atoms with Crippen molar-refractivity contribution >= 4 is 0 Å². The van der Waals surface area contributed by atoms with Gasteiger partial charge in [-0.05, 0) is 12.1 Å². The van der Waals surface area contributed by atoms with E-state index in [1.807, 2.05) is 0 Å². The van der Waals surface area contributed by atoms with E-state index in [1.165, 1.54) is 12.1 Å². The van der Waals surface area contributed by atoms with Gasteiger partial charge in [0.1, 0.15) is 0 Å². The summed E-state index contributed by atoms with van der Waals surface area (Å²) in [6.45, 7) is 0. The minimum atomic E-state index is -1.08. The second-order valence-corrected chi connectivity index (χ2v) is 3.17. The van der Waals surface area contributed by atoms with Gasteiger partial charge in [0.2, 0.25) is 0 Å². The van der Waals surface area contributed by atoms with Gasteiger partial charge < -0.3 is 4.98 Å². The summed E-state index contributed by atoms with van der Waals surface area (Å²) in [5.41, 5.74) is -0.926. The molecule has 0 atom stereocenters. The Balaban J connectivity index is 2.63. The normalized spacial score (nSPS) is 10.4. The maximum Gasteiger partial charge on any atom is 0.283 e. The number of aromatic amines is 1. The molecule has 0 aliphatic carbocycles. The number of H-pyrrole nitrogens is 1. The summed E-state index contributed by atoms with van der Waals surface area (Å²) in [7, 11) is 0. The first-order chi connectivity index (χ1) is 7.59. The molecule has 0 fully saturated rings. The van der Waals surface area contributed by atoms with Crippen molar-refractivity contribution in [3.8, 4) is 11.1 Å². The molecule has 2 rings (SSSR count).